The summed E-state index contributed by atoms with van der Waals surface area (Å²) in [6, 6.07) is 0. The van der Waals surface area contributed by atoms with Gasteiger partial charge in [0.25, 0.3) is 0 Å². The third kappa shape index (κ3) is 4.25. The van der Waals surface area contributed by atoms with E-state index in [4.69, 9.17) is 0 Å². The van der Waals surface area contributed by atoms with Crippen LogP contribution in [0.4, 0.5) is 21.0 Å². The lowest BCUT2D eigenvalue weighted by Gasteiger charge is -2.16. The molecule has 0 bridgehead atoms. The minimum absolute atomic E-state index is 0.415. The average molecular weight is 324 g/mol. The van der Waals surface area contributed by atoms with Crippen molar-refractivity contribution in [2.24, 2.45) is 13.5 Å². The fourth-order valence-electron chi connectivity index (χ4n) is 0.716. The molecule has 1 aliphatic heterocycles. The molecule has 0 aromatic carbocycles. The number of hydrogen-bond donors (Lipinski definition) is 1. The van der Waals surface area contributed by atoms with Gasteiger partial charge in [0.2, 0.25) is 10.0 Å². The molecule has 0 fully saturated rings. The molecule has 96 valence electrons. The van der Waals surface area contributed by atoms with Gasteiger partial charge in [-0.2, -0.15) is 4.20 Å². The topological polar surface area (TPSA) is 83.2 Å². The van der Waals surface area contributed by atoms with Gasteiger partial charge in [-0.25, -0.2) is 8.42 Å². The van der Waals surface area contributed by atoms with Gasteiger partial charge in [-0.15, -0.1) is 34.8 Å². The second kappa shape index (κ2) is 3.88. The summed E-state index contributed by atoms with van der Waals surface area (Å²) in [5.41, 5.74) is 0. The lowest BCUT2D eigenvalue weighted by Crippen LogP contribution is -2.16. The zero-order chi connectivity index (χ0) is 12.8. The number of sulfonamides is 1. The Morgan fingerprint density at radius 3 is 1.75 bits per heavy atom. The fraction of sp³-hybridized carbons (Fsp3) is 1.00. The highest BCUT2D eigenvalue weighted by Crippen LogP contribution is 2.80. The molecule has 0 aliphatic carbocycles. The molecule has 0 aromatic heterocycles. The smallest absolute Gasteiger partial charge is 0.212 e. The van der Waals surface area contributed by atoms with E-state index < -0.39 is 33.3 Å². The summed E-state index contributed by atoms with van der Waals surface area (Å²) < 4.78 is 91.8. The average Bonchev–Trinajstić information content (AvgIpc) is 1.66. The molecule has 1 N–H and O–H groups in total. The summed E-state index contributed by atoms with van der Waals surface area (Å²) in [5, 5.41) is 0. The van der Waals surface area contributed by atoms with Gasteiger partial charge in [0.15, 0.2) is 0 Å². The molecule has 1 aliphatic rings. The van der Waals surface area contributed by atoms with Crippen molar-refractivity contribution in [2.75, 3.05) is 6.26 Å². The van der Waals surface area contributed by atoms with Gasteiger partial charge in [-0.05, 0) is 0 Å². The van der Waals surface area contributed by atoms with E-state index in [9.17, 15) is 29.4 Å². The second-order valence-electron chi connectivity index (χ2n) is 2.57. The number of hydrogen-bond acceptors (Lipinski definition) is 5. The van der Waals surface area contributed by atoms with Crippen LogP contribution in [0.15, 0.2) is 13.5 Å². The maximum atomic E-state index is 13.4. The van der Waals surface area contributed by atoms with Gasteiger partial charge < -0.3 is 0 Å². The first-order valence-corrected chi connectivity index (χ1v) is 9.64. The lowest BCUT2D eigenvalue weighted by molar-refractivity contribution is 0.598. The Kier molecular flexibility index (Phi) is 3.47. The van der Waals surface area contributed by atoms with E-state index in [1.165, 1.54) is 0 Å². The standard InChI is InChI=1S/CH4F5N4O2P3S/c1-16(11,12)10-15(6)8-13(2,3)7-14(4,5)9-15/h10H,1H3. The Morgan fingerprint density at radius 1 is 0.938 bits per heavy atom. The third-order valence-corrected chi connectivity index (χ3v) is 8.55. The van der Waals surface area contributed by atoms with Crippen LogP contribution < -0.4 is 4.49 Å². The molecule has 0 spiro atoms. The van der Waals surface area contributed by atoms with Crippen LogP contribution in [0.1, 0.15) is 0 Å². The predicted molar refractivity (Wildman–Crippen MR) is 51.6 cm³/mol. The minimum Gasteiger partial charge on any atom is -0.212 e. The maximum absolute atomic E-state index is 13.4. The number of halogens is 5. The van der Waals surface area contributed by atoms with Crippen molar-refractivity contribution in [3.63, 3.8) is 0 Å². The number of nitrogens with one attached hydrogen (secondary N) is 1. The molecule has 0 radical (unpaired) electrons. The van der Waals surface area contributed by atoms with Crippen molar-refractivity contribution in [3.05, 3.63) is 0 Å². The molecule has 0 aromatic rings. The number of rotatable bonds is 2. The van der Waals surface area contributed by atoms with E-state index in [1.807, 2.05) is 0 Å². The normalized spacial score (nSPS) is 32.1. The van der Waals surface area contributed by atoms with E-state index in [1.54, 1.807) is 4.52 Å². The van der Waals surface area contributed by atoms with Crippen molar-refractivity contribution >= 4 is 33.3 Å². The Balaban J connectivity index is 3.44. The van der Waals surface area contributed by atoms with Gasteiger partial charge in [0.1, 0.15) is 0 Å². The molecule has 15 heteroatoms. The Labute approximate surface area is 87.7 Å². The molecule has 1 rings (SSSR count). The SMILES string of the molecule is CS(=O)(=O)NP1(F)=NP(F)(F)=NP(F)(F)=N1. The summed E-state index contributed by atoms with van der Waals surface area (Å²) in [7, 11) is -21.4. The van der Waals surface area contributed by atoms with Crippen LogP contribution in [0.25, 0.3) is 0 Å². The molecular formula is CH4F5N4O2P3S. The zero-order valence-corrected chi connectivity index (χ0v) is 10.8. The second-order valence-corrected chi connectivity index (χ2v) is 9.86. The van der Waals surface area contributed by atoms with E-state index in [2.05, 4.69) is 9.03 Å². The minimum atomic E-state index is -5.86. The summed E-state index contributed by atoms with van der Waals surface area (Å²) in [5.74, 6) is 0. The molecule has 1 heterocycles. The summed E-state index contributed by atoms with van der Waals surface area (Å²) >= 11 is 0. The molecule has 0 saturated heterocycles. The lowest BCUT2D eigenvalue weighted by atomic mass is 12.0. The van der Waals surface area contributed by atoms with Gasteiger partial charge in [0.05, 0.1) is 6.26 Å². The summed E-state index contributed by atoms with van der Waals surface area (Å²) in [6.07, 6.45) is 0.415. The van der Waals surface area contributed by atoms with Crippen LogP contribution in [0.5, 0.6) is 0 Å². The molecule has 1 atom stereocenters. The van der Waals surface area contributed by atoms with Crippen LogP contribution in [0, 0.1) is 0 Å². The van der Waals surface area contributed by atoms with Gasteiger partial charge in [-0.3, -0.25) is 0 Å². The molecule has 6 nitrogen and oxygen atoms in total. The molecule has 1 unspecified atom stereocenters. The first kappa shape index (κ1) is 14.3. The van der Waals surface area contributed by atoms with Gasteiger partial charge >= 0.3 is 23.3 Å². The predicted octanol–water partition coefficient (Wildman–Crippen LogP) is 4.24. The quantitative estimate of drug-likeness (QED) is 0.609. The summed E-state index contributed by atoms with van der Waals surface area (Å²) in [6.45, 7) is 0. The Morgan fingerprint density at radius 2 is 1.38 bits per heavy atom. The largest absolute Gasteiger partial charge is 0.424 e. The van der Waals surface area contributed by atoms with Crippen LogP contribution in [-0.4, -0.2) is 14.7 Å². The third-order valence-electron chi connectivity index (χ3n) is 0.949. The highest BCUT2D eigenvalue weighted by Gasteiger charge is 2.40. The molecular weight excluding hydrogens is 320 g/mol. The monoisotopic (exact) mass is 324 g/mol. The Bertz CT molecular complexity index is 561. The van der Waals surface area contributed by atoms with E-state index >= 15 is 0 Å². The van der Waals surface area contributed by atoms with E-state index in [0.717, 1.165) is 4.49 Å². The van der Waals surface area contributed by atoms with E-state index in [-0.39, 0.29) is 0 Å². The first-order valence-electron chi connectivity index (χ1n) is 3.21. The molecule has 0 amide bonds. The van der Waals surface area contributed by atoms with Gasteiger partial charge in [-0.1, -0.05) is 0 Å². The fourth-order valence-corrected chi connectivity index (χ4v) is 8.07. The number of nitrogens with zero attached hydrogens (tertiary/aromatic N) is 3. The maximum Gasteiger partial charge on any atom is 0.424 e. The van der Waals surface area contributed by atoms with Crippen LogP contribution in [-0.2, 0) is 10.0 Å². The van der Waals surface area contributed by atoms with E-state index in [0.29, 0.717) is 6.26 Å². The molecule has 16 heavy (non-hydrogen) atoms. The highest BCUT2D eigenvalue weighted by atomic mass is 32.2. The van der Waals surface area contributed by atoms with Crippen LogP contribution in [0.3, 0.4) is 0 Å². The van der Waals surface area contributed by atoms with Crippen molar-refractivity contribution < 1.29 is 29.4 Å². The first-order chi connectivity index (χ1) is 6.83. The Hall–Kier alpha value is 0.250. The van der Waals surface area contributed by atoms with Crippen molar-refractivity contribution in [3.8, 4) is 0 Å². The van der Waals surface area contributed by atoms with Crippen molar-refractivity contribution in [1.82, 2.24) is 4.49 Å². The van der Waals surface area contributed by atoms with Crippen molar-refractivity contribution in [1.29, 1.82) is 0 Å². The molecule has 0 saturated carbocycles. The van der Waals surface area contributed by atoms with Crippen LogP contribution in [0.2, 0.25) is 0 Å². The highest BCUT2D eigenvalue weighted by molar-refractivity contribution is 7.96. The summed E-state index contributed by atoms with van der Waals surface area (Å²) in [4.78, 5) is 0. The zero-order valence-electron chi connectivity index (χ0n) is 7.30. The van der Waals surface area contributed by atoms with Crippen molar-refractivity contribution in [2.45, 2.75) is 0 Å². The van der Waals surface area contributed by atoms with Crippen LogP contribution >= 0.6 is 23.3 Å². The van der Waals surface area contributed by atoms with Gasteiger partial charge in [0, 0.05) is 0 Å².